The Morgan fingerprint density at radius 2 is 1.71 bits per heavy atom. The van der Waals surface area contributed by atoms with E-state index in [9.17, 15) is 14.4 Å². The maximum atomic E-state index is 12.2. The van der Waals surface area contributed by atoms with Crippen molar-refractivity contribution in [1.29, 1.82) is 0 Å². The molecule has 0 radical (unpaired) electrons. The van der Waals surface area contributed by atoms with E-state index in [2.05, 4.69) is 10.9 Å². The van der Waals surface area contributed by atoms with Crippen LogP contribution in [0.2, 0.25) is 0 Å². The maximum Gasteiger partial charge on any atom is 0.276 e. The van der Waals surface area contributed by atoms with Crippen LogP contribution < -0.4 is 20.5 Å². The monoisotopic (exact) mass is 381 g/mol. The van der Waals surface area contributed by atoms with Crippen molar-refractivity contribution in [2.75, 3.05) is 18.1 Å². The fraction of sp³-hybridized carbons (Fsp3) is 0.286. The lowest BCUT2D eigenvalue weighted by Gasteiger charge is -2.16. The summed E-state index contributed by atoms with van der Waals surface area (Å²) in [6.45, 7) is 4.30. The van der Waals surface area contributed by atoms with E-state index in [1.165, 1.54) is 0 Å². The van der Waals surface area contributed by atoms with E-state index in [4.69, 9.17) is 4.74 Å². The fourth-order valence-electron chi connectivity index (χ4n) is 3.11. The number of hydrazine groups is 1. The molecule has 28 heavy (non-hydrogen) atoms. The standard InChI is InChI=1S/C21H23N3O4/c1-14-5-3-6-15(2)20(14)28-13-18(25)22-23-21(27)16-8-10-17(11-9-16)24-12-4-7-19(24)26/h3,5-6,8-11H,4,7,12-13H2,1-2H3,(H,22,25)(H,23,27). The maximum absolute atomic E-state index is 12.2. The summed E-state index contributed by atoms with van der Waals surface area (Å²) in [7, 11) is 0. The number of amides is 3. The first kappa shape index (κ1) is 19.4. The van der Waals surface area contributed by atoms with Crippen LogP contribution >= 0.6 is 0 Å². The summed E-state index contributed by atoms with van der Waals surface area (Å²) in [4.78, 5) is 37.6. The fourth-order valence-corrected chi connectivity index (χ4v) is 3.11. The highest BCUT2D eigenvalue weighted by atomic mass is 16.5. The summed E-state index contributed by atoms with van der Waals surface area (Å²) in [5.74, 6) is -0.153. The molecule has 3 amide bonds. The summed E-state index contributed by atoms with van der Waals surface area (Å²) in [5, 5.41) is 0. The number of carbonyl (C=O) groups is 3. The summed E-state index contributed by atoms with van der Waals surface area (Å²) >= 11 is 0. The van der Waals surface area contributed by atoms with E-state index in [0.29, 0.717) is 24.3 Å². The Labute approximate surface area is 163 Å². The van der Waals surface area contributed by atoms with Gasteiger partial charge in [0, 0.05) is 24.2 Å². The lowest BCUT2D eigenvalue weighted by molar-refractivity contribution is -0.123. The highest BCUT2D eigenvalue weighted by Gasteiger charge is 2.21. The first-order chi connectivity index (χ1) is 13.5. The van der Waals surface area contributed by atoms with Crippen molar-refractivity contribution in [3.63, 3.8) is 0 Å². The van der Waals surface area contributed by atoms with Crippen LogP contribution in [-0.2, 0) is 9.59 Å². The summed E-state index contributed by atoms with van der Waals surface area (Å²) in [6, 6.07) is 12.4. The predicted molar refractivity (Wildman–Crippen MR) is 105 cm³/mol. The Morgan fingerprint density at radius 3 is 2.32 bits per heavy atom. The molecule has 1 aliphatic heterocycles. The first-order valence-electron chi connectivity index (χ1n) is 9.14. The van der Waals surface area contributed by atoms with Crippen LogP contribution in [0.3, 0.4) is 0 Å². The van der Waals surface area contributed by atoms with Crippen LogP contribution in [0, 0.1) is 13.8 Å². The zero-order valence-electron chi connectivity index (χ0n) is 16.0. The molecule has 0 aliphatic carbocycles. The Balaban J connectivity index is 1.49. The van der Waals surface area contributed by atoms with Crippen molar-refractivity contribution in [2.45, 2.75) is 26.7 Å². The number of rotatable bonds is 5. The zero-order valence-corrected chi connectivity index (χ0v) is 16.0. The van der Waals surface area contributed by atoms with Gasteiger partial charge in [-0.25, -0.2) is 0 Å². The molecule has 1 saturated heterocycles. The summed E-state index contributed by atoms with van der Waals surface area (Å²) < 4.78 is 5.55. The highest BCUT2D eigenvalue weighted by Crippen LogP contribution is 2.22. The van der Waals surface area contributed by atoms with Crippen molar-refractivity contribution >= 4 is 23.4 Å². The lowest BCUT2D eigenvalue weighted by Crippen LogP contribution is -2.43. The molecule has 2 aromatic carbocycles. The Hall–Kier alpha value is -3.35. The first-order valence-corrected chi connectivity index (χ1v) is 9.14. The SMILES string of the molecule is Cc1cccc(C)c1OCC(=O)NNC(=O)c1ccc(N2CCCC2=O)cc1. The van der Waals surface area contributed by atoms with Crippen LogP contribution in [0.15, 0.2) is 42.5 Å². The van der Waals surface area contributed by atoms with Crippen LogP contribution in [0.25, 0.3) is 0 Å². The topological polar surface area (TPSA) is 87.7 Å². The number of ether oxygens (including phenoxy) is 1. The van der Waals surface area contributed by atoms with Gasteiger partial charge in [0.1, 0.15) is 5.75 Å². The average Bonchev–Trinajstić information content (AvgIpc) is 3.11. The van der Waals surface area contributed by atoms with Gasteiger partial charge >= 0.3 is 0 Å². The van der Waals surface area contributed by atoms with Crippen LogP contribution in [0.5, 0.6) is 5.75 Å². The molecule has 0 spiro atoms. The molecule has 7 heteroatoms. The Kier molecular flexibility index (Phi) is 5.93. The van der Waals surface area contributed by atoms with Crippen molar-refractivity contribution in [1.82, 2.24) is 10.9 Å². The third kappa shape index (κ3) is 4.49. The van der Waals surface area contributed by atoms with E-state index in [-0.39, 0.29) is 12.5 Å². The molecule has 2 N–H and O–H groups in total. The van der Waals surface area contributed by atoms with Crippen LogP contribution in [-0.4, -0.2) is 30.9 Å². The number of nitrogens with one attached hydrogen (secondary N) is 2. The molecule has 7 nitrogen and oxygen atoms in total. The Morgan fingerprint density at radius 1 is 1.04 bits per heavy atom. The molecular weight excluding hydrogens is 358 g/mol. The largest absolute Gasteiger partial charge is 0.483 e. The van der Waals surface area contributed by atoms with E-state index >= 15 is 0 Å². The lowest BCUT2D eigenvalue weighted by atomic mass is 10.1. The second-order valence-electron chi connectivity index (χ2n) is 6.71. The van der Waals surface area contributed by atoms with Crippen molar-refractivity contribution in [3.05, 3.63) is 59.2 Å². The molecular formula is C21H23N3O4. The van der Waals surface area contributed by atoms with Gasteiger partial charge in [-0.3, -0.25) is 25.2 Å². The van der Waals surface area contributed by atoms with Crippen molar-refractivity contribution in [2.24, 2.45) is 0 Å². The van der Waals surface area contributed by atoms with Crippen LogP contribution in [0.1, 0.15) is 34.3 Å². The summed E-state index contributed by atoms with van der Waals surface area (Å²) in [5.41, 5.74) is 7.73. The minimum absolute atomic E-state index is 0.0911. The number of hydrogen-bond acceptors (Lipinski definition) is 4. The Bertz CT molecular complexity index is 873. The third-order valence-electron chi connectivity index (χ3n) is 4.59. The number of para-hydroxylation sites is 1. The number of aryl methyl sites for hydroxylation is 2. The number of anilines is 1. The molecule has 1 fully saturated rings. The molecule has 2 aromatic rings. The van der Waals surface area contributed by atoms with Gasteiger partial charge in [0.2, 0.25) is 5.91 Å². The van der Waals surface area contributed by atoms with Gasteiger partial charge in [-0.15, -0.1) is 0 Å². The third-order valence-corrected chi connectivity index (χ3v) is 4.59. The van der Waals surface area contributed by atoms with Gasteiger partial charge < -0.3 is 9.64 Å². The summed E-state index contributed by atoms with van der Waals surface area (Å²) in [6.07, 6.45) is 1.40. The minimum atomic E-state index is -0.463. The molecule has 1 heterocycles. The van der Waals surface area contributed by atoms with Crippen molar-refractivity contribution < 1.29 is 19.1 Å². The van der Waals surface area contributed by atoms with Gasteiger partial charge in [0.25, 0.3) is 11.8 Å². The van der Waals surface area contributed by atoms with Crippen LogP contribution in [0.4, 0.5) is 5.69 Å². The molecule has 0 atom stereocenters. The van der Waals surface area contributed by atoms with E-state index in [1.54, 1.807) is 29.2 Å². The second-order valence-corrected chi connectivity index (χ2v) is 6.71. The second kappa shape index (κ2) is 8.56. The average molecular weight is 381 g/mol. The molecule has 1 aliphatic rings. The quantitative estimate of drug-likeness (QED) is 0.778. The van der Waals surface area contributed by atoms with Gasteiger partial charge in [-0.1, -0.05) is 18.2 Å². The van der Waals surface area contributed by atoms with Gasteiger partial charge in [-0.2, -0.15) is 0 Å². The van der Waals surface area contributed by atoms with Crippen molar-refractivity contribution in [3.8, 4) is 5.75 Å². The van der Waals surface area contributed by atoms with E-state index < -0.39 is 11.8 Å². The molecule has 0 saturated carbocycles. The van der Waals surface area contributed by atoms with E-state index in [0.717, 1.165) is 23.2 Å². The zero-order chi connectivity index (χ0) is 20.1. The number of hydrogen-bond donors (Lipinski definition) is 2. The van der Waals surface area contributed by atoms with Gasteiger partial charge in [0.05, 0.1) is 0 Å². The normalized spacial score (nSPS) is 13.4. The predicted octanol–water partition coefficient (Wildman–Crippen LogP) is 2.27. The van der Waals surface area contributed by atoms with Gasteiger partial charge in [-0.05, 0) is 55.7 Å². The number of benzene rings is 2. The number of carbonyl (C=O) groups excluding carboxylic acids is 3. The molecule has 0 bridgehead atoms. The highest BCUT2D eigenvalue weighted by molar-refractivity contribution is 5.98. The molecule has 0 unspecified atom stereocenters. The minimum Gasteiger partial charge on any atom is -0.483 e. The van der Waals surface area contributed by atoms with E-state index in [1.807, 2.05) is 32.0 Å². The molecule has 0 aromatic heterocycles. The molecule has 3 rings (SSSR count). The smallest absolute Gasteiger partial charge is 0.276 e. The molecule has 146 valence electrons. The number of nitrogens with zero attached hydrogens (tertiary/aromatic N) is 1. The van der Waals surface area contributed by atoms with Gasteiger partial charge in [0.15, 0.2) is 6.61 Å².